The van der Waals surface area contributed by atoms with Crippen LogP contribution in [0.1, 0.15) is 11.6 Å². The minimum Gasteiger partial charge on any atom is -0.313 e. The average Bonchev–Trinajstić information content (AvgIpc) is 2.55. The van der Waals surface area contributed by atoms with Crippen LogP contribution in [0.4, 0.5) is 8.78 Å². The van der Waals surface area contributed by atoms with Crippen molar-refractivity contribution in [2.75, 3.05) is 19.6 Å². The van der Waals surface area contributed by atoms with Crippen molar-refractivity contribution in [3.8, 4) is 0 Å². The van der Waals surface area contributed by atoms with Crippen molar-refractivity contribution in [1.82, 2.24) is 9.62 Å². The Balaban J connectivity index is 1.99. The van der Waals surface area contributed by atoms with Crippen LogP contribution in [0.15, 0.2) is 53.4 Å². The minimum absolute atomic E-state index is 0.0298. The number of piperazine rings is 1. The zero-order valence-electron chi connectivity index (χ0n) is 12.2. The summed E-state index contributed by atoms with van der Waals surface area (Å²) >= 11 is 0. The lowest BCUT2D eigenvalue weighted by atomic mass is 10.1. The lowest BCUT2D eigenvalue weighted by Gasteiger charge is -2.35. The monoisotopic (exact) mass is 338 g/mol. The molecule has 122 valence electrons. The van der Waals surface area contributed by atoms with Crippen LogP contribution in [-0.4, -0.2) is 32.4 Å². The fourth-order valence-corrected chi connectivity index (χ4v) is 4.33. The lowest BCUT2D eigenvalue weighted by molar-refractivity contribution is 0.271. The molecule has 0 saturated carbocycles. The van der Waals surface area contributed by atoms with Crippen LogP contribution in [0.2, 0.25) is 0 Å². The van der Waals surface area contributed by atoms with Crippen LogP contribution >= 0.6 is 0 Å². The highest BCUT2D eigenvalue weighted by Crippen LogP contribution is 2.29. The van der Waals surface area contributed by atoms with Gasteiger partial charge in [-0.1, -0.05) is 12.1 Å². The number of hydrogen-bond donors (Lipinski definition) is 1. The third kappa shape index (κ3) is 3.26. The summed E-state index contributed by atoms with van der Waals surface area (Å²) < 4.78 is 53.6. The smallest absolute Gasteiger partial charge is 0.243 e. The molecule has 0 spiro atoms. The van der Waals surface area contributed by atoms with Gasteiger partial charge in [-0.2, -0.15) is 4.31 Å². The first kappa shape index (κ1) is 16.0. The number of nitrogens with zero attached hydrogens (tertiary/aromatic N) is 1. The van der Waals surface area contributed by atoms with Crippen LogP contribution in [0.5, 0.6) is 0 Å². The minimum atomic E-state index is -3.78. The molecule has 1 unspecified atom stereocenters. The van der Waals surface area contributed by atoms with Crippen molar-refractivity contribution < 1.29 is 17.2 Å². The second-order valence-corrected chi connectivity index (χ2v) is 7.24. The normalized spacial score (nSPS) is 19.7. The summed E-state index contributed by atoms with van der Waals surface area (Å²) in [6.07, 6.45) is 0. The van der Waals surface area contributed by atoms with Crippen molar-refractivity contribution in [3.63, 3.8) is 0 Å². The van der Waals surface area contributed by atoms with Gasteiger partial charge in [0.15, 0.2) is 0 Å². The van der Waals surface area contributed by atoms with Gasteiger partial charge in [0, 0.05) is 19.6 Å². The second-order valence-electron chi connectivity index (χ2n) is 5.34. The molecule has 3 rings (SSSR count). The summed E-state index contributed by atoms with van der Waals surface area (Å²) in [5, 5.41) is 3.13. The third-order valence-corrected chi connectivity index (χ3v) is 5.77. The van der Waals surface area contributed by atoms with Crippen molar-refractivity contribution >= 4 is 10.0 Å². The van der Waals surface area contributed by atoms with E-state index in [0.29, 0.717) is 18.7 Å². The standard InChI is InChI=1S/C16H16F2N2O2S/c17-13-4-6-15(7-5-13)23(21,22)20-9-8-19-11-16(20)12-2-1-3-14(18)10-12/h1-7,10,16,19H,8-9,11H2. The highest BCUT2D eigenvalue weighted by molar-refractivity contribution is 7.89. The number of sulfonamides is 1. The third-order valence-electron chi connectivity index (χ3n) is 3.85. The zero-order valence-corrected chi connectivity index (χ0v) is 13.1. The topological polar surface area (TPSA) is 49.4 Å². The van der Waals surface area contributed by atoms with E-state index in [9.17, 15) is 17.2 Å². The van der Waals surface area contributed by atoms with Gasteiger partial charge in [0.2, 0.25) is 10.0 Å². The van der Waals surface area contributed by atoms with E-state index >= 15 is 0 Å². The SMILES string of the molecule is O=S(=O)(c1ccc(F)cc1)N1CCNCC1c1cccc(F)c1. The van der Waals surface area contributed by atoms with E-state index in [1.165, 1.54) is 28.6 Å². The van der Waals surface area contributed by atoms with Gasteiger partial charge in [-0.15, -0.1) is 0 Å². The first-order valence-electron chi connectivity index (χ1n) is 7.22. The van der Waals surface area contributed by atoms with Crippen LogP contribution in [-0.2, 0) is 10.0 Å². The summed E-state index contributed by atoms with van der Waals surface area (Å²) in [7, 11) is -3.78. The molecule has 0 bridgehead atoms. The molecular formula is C16H16F2N2O2S. The molecule has 4 nitrogen and oxygen atoms in total. The maximum Gasteiger partial charge on any atom is 0.243 e. The van der Waals surface area contributed by atoms with Crippen molar-refractivity contribution in [2.24, 2.45) is 0 Å². The van der Waals surface area contributed by atoms with Gasteiger partial charge in [-0.05, 0) is 42.0 Å². The molecule has 23 heavy (non-hydrogen) atoms. The maximum absolute atomic E-state index is 13.5. The van der Waals surface area contributed by atoms with Crippen LogP contribution in [0, 0.1) is 11.6 Å². The largest absolute Gasteiger partial charge is 0.313 e. The summed E-state index contributed by atoms with van der Waals surface area (Å²) in [4.78, 5) is 0.0298. The van der Waals surface area contributed by atoms with E-state index in [-0.39, 0.29) is 11.4 Å². The molecule has 0 aliphatic carbocycles. The summed E-state index contributed by atoms with van der Waals surface area (Å²) in [5.74, 6) is -0.904. The molecule has 1 N–H and O–H groups in total. The van der Waals surface area contributed by atoms with E-state index < -0.39 is 27.7 Å². The quantitative estimate of drug-likeness (QED) is 0.934. The Morgan fingerprint density at radius 2 is 1.78 bits per heavy atom. The molecule has 7 heteroatoms. The molecule has 0 aromatic heterocycles. The van der Waals surface area contributed by atoms with Gasteiger partial charge in [-0.3, -0.25) is 0 Å². The van der Waals surface area contributed by atoms with Gasteiger partial charge < -0.3 is 5.32 Å². The first-order valence-corrected chi connectivity index (χ1v) is 8.66. The molecule has 1 heterocycles. The number of halogens is 2. The summed E-state index contributed by atoms with van der Waals surface area (Å²) in [6, 6.07) is 10.1. The summed E-state index contributed by atoms with van der Waals surface area (Å²) in [5.41, 5.74) is 0.586. The predicted molar refractivity (Wildman–Crippen MR) is 82.3 cm³/mol. The van der Waals surface area contributed by atoms with Gasteiger partial charge in [0.25, 0.3) is 0 Å². The van der Waals surface area contributed by atoms with Gasteiger partial charge in [0.1, 0.15) is 11.6 Å². The van der Waals surface area contributed by atoms with Crippen LogP contribution in [0.3, 0.4) is 0 Å². The molecule has 0 radical (unpaired) electrons. The molecule has 2 aromatic rings. The Kier molecular flexibility index (Phi) is 4.43. The lowest BCUT2D eigenvalue weighted by Crippen LogP contribution is -2.48. The van der Waals surface area contributed by atoms with Crippen LogP contribution in [0.25, 0.3) is 0 Å². The number of rotatable bonds is 3. The van der Waals surface area contributed by atoms with E-state index in [2.05, 4.69) is 5.32 Å². The fourth-order valence-electron chi connectivity index (χ4n) is 2.71. The molecule has 1 fully saturated rings. The Morgan fingerprint density at radius 3 is 2.48 bits per heavy atom. The zero-order chi connectivity index (χ0) is 16.4. The first-order chi connectivity index (χ1) is 11.0. The molecule has 1 aliphatic heterocycles. The Bertz CT molecular complexity index is 794. The Labute approximate surface area is 133 Å². The fraction of sp³-hybridized carbons (Fsp3) is 0.250. The Morgan fingerprint density at radius 1 is 1.04 bits per heavy atom. The van der Waals surface area contributed by atoms with Gasteiger partial charge in [-0.25, -0.2) is 17.2 Å². The predicted octanol–water partition coefficient (Wildman–Crippen LogP) is 2.30. The number of nitrogens with one attached hydrogen (secondary N) is 1. The number of benzene rings is 2. The number of hydrogen-bond acceptors (Lipinski definition) is 3. The molecule has 1 aliphatic rings. The highest BCUT2D eigenvalue weighted by Gasteiger charge is 2.34. The molecule has 2 aromatic carbocycles. The molecule has 1 saturated heterocycles. The van der Waals surface area contributed by atoms with Crippen LogP contribution < -0.4 is 5.32 Å². The van der Waals surface area contributed by atoms with E-state index in [4.69, 9.17) is 0 Å². The maximum atomic E-state index is 13.5. The average molecular weight is 338 g/mol. The Hall–Kier alpha value is -1.83. The van der Waals surface area contributed by atoms with Crippen molar-refractivity contribution in [1.29, 1.82) is 0 Å². The molecular weight excluding hydrogens is 322 g/mol. The van der Waals surface area contributed by atoms with Crippen molar-refractivity contribution in [2.45, 2.75) is 10.9 Å². The van der Waals surface area contributed by atoms with E-state index in [1.54, 1.807) is 12.1 Å². The molecule has 0 amide bonds. The highest BCUT2D eigenvalue weighted by atomic mass is 32.2. The van der Waals surface area contributed by atoms with Gasteiger partial charge >= 0.3 is 0 Å². The van der Waals surface area contributed by atoms with E-state index in [0.717, 1.165) is 12.1 Å². The van der Waals surface area contributed by atoms with E-state index in [1.807, 2.05) is 0 Å². The molecule has 1 atom stereocenters. The van der Waals surface area contributed by atoms with Crippen molar-refractivity contribution in [3.05, 3.63) is 65.7 Å². The van der Waals surface area contributed by atoms with Gasteiger partial charge in [0.05, 0.1) is 10.9 Å². The summed E-state index contributed by atoms with van der Waals surface area (Å²) in [6.45, 7) is 1.16. The second kappa shape index (κ2) is 6.35.